The minimum atomic E-state index is 0.744. The molecule has 5 nitrogen and oxygen atoms in total. The van der Waals surface area contributed by atoms with Crippen molar-refractivity contribution in [2.24, 2.45) is 7.05 Å². The van der Waals surface area contributed by atoms with Crippen LogP contribution in [0, 0.1) is 12.3 Å². The van der Waals surface area contributed by atoms with Crippen LogP contribution in [0.2, 0.25) is 0 Å². The van der Waals surface area contributed by atoms with Crippen molar-refractivity contribution in [1.29, 1.82) is 0 Å². The Bertz CT molecular complexity index is 542. The van der Waals surface area contributed by atoms with Gasteiger partial charge >= 0.3 is 0 Å². The average Bonchev–Trinajstić information content (AvgIpc) is 2.72. The van der Waals surface area contributed by atoms with Gasteiger partial charge in [0.2, 0.25) is 0 Å². The average molecular weight is 247 g/mol. The van der Waals surface area contributed by atoms with Crippen LogP contribution in [0.4, 0.5) is 5.82 Å². The van der Waals surface area contributed by atoms with Crippen LogP contribution >= 0.6 is 11.8 Å². The molecule has 0 bridgehead atoms. The largest absolute Gasteiger partial charge is 0.369 e. The van der Waals surface area contributed by atoms with Crippen molar-refractivity contribution < 1.29 is 0 Å². The lowest BCUT2D eigenvalue weighted by atomic mass is 10.4. The monoisotopic (exact) mass is 247 g/mol. The fourth-order valence-electron chi connectivity index (χ4n) is 1.48. The third-order valence-electron chi connectivity index (χ3n) is 2.25. The Morgan fingerprint density at radius 3 is 3.24 bits per heavy atom. The summed E-state index contributed by atoms with van der Waals surface area (Å²) in [6, 6.07) is 0. The Kier molecular flexibility index (Phi) is 3.83. The van der Waals surface area contributed by atoms with Crippen LogP contribution in [-0.2, 0) is 7.05 Å². The van der Waals surface area contributed by atoms with Crippen molar-refractivity contribution in [2.45, 2.75) is 0 Å². The number of anilines is 1. The van der Waals surface area contributed by atoms with Gasteiger partial charge in [0.05, 0.1) is 17.3 Å². The Morgan fingerprint density at radius 2 is 2.41 bits per heavy atom. The van der Waals surface area contributed by atoms with E-state index in [4.69, 9.17) is 6.42 Å². The topological polar surface area (TPSA) is 55.6 Å². The molecule has 17 heavy (non-hydrogen) atoms. The van der Waals surface area contributed by atoms with Gasteiger partial charge in [0.15, 0.2) is 5.65 Å². The van der Waals surface area contributed by atoms with Crippen LogP contribution in [0.3, 0.4) is 0 Å². The van der Waals surface area contributed by atoms with E-state index in [0.717, 1.165) is 34.9 Å². The minimum Gasteiger partial charge on any atom is -0.369 e. The second kappa shape index (κ2) is 5.55. The zero-order valence-electron chi connectivity index (χ0n) is 9.55. The summed E-state index contributed by atoms with van der Waals surface area (Å²) in [7, 11) is 1.86. The molecule has 0 aliphatic heterocycles. The van der Waals surface area contributed by atoms with E-state index in [9.17, 15) is 0 Å². The molecule has 0 fully saturated rings. The SMILES string of the molecule is C#CCSCCNc1ncnc2c1cnn2C. The fourth-order valence-corrected chi connectivity index (χ4v) is 1.98. The van der Waals surface area contributed by atoms with E-state index in [-0.39, 0.29) is 0 Å². The molecule has 2 aromatic heterocycles. The highest BCUT2D eigenvalue weighted by atomic mass is 32.2. The van der Waals surface area contributed by atoms with E-state index < -0.39 is 0 Å². The molecule has 0 aliphatic carbocycles. The summed E-state index contributed by atoms with van der Waals surface area (Å²) in [4.78, 5) is 8.39. The van der Waals surface area contributed by atoms with E-state index in [0.29, 0.717) is 0 Å². The highest BCUT2D eigenvalue weighted by molar-refractivity contribution is 7.99. The van der Waals surface area contributed by atoms with Gasteiger partial charge in [0, 0.05) is 19.3 Å². The molecule has 0 spiro atoms. The van der Waals surface area contributed by atoms with Gasteiger partial charge in [-0.05, 0) is 0 Å². The van der Waals surface area contributed by atoms with Crippen molar-refractivity contribution in [3.05, 3.63) is 12.5 Å². The number of hydrogen-bond donors (Lipinski definition) is 1. The van der Waals surface area contributed by atoms with Gasteiger partial charge < -0.3 is 5.32 Å². The Hall–Kier alpha value is -1.74. The van der Waals surface area contributed by atoms with Crippen LogP contribution in [-0.4, -0.2) is 37.8 Å². The summed E-state index contributed by atoms with van der Waals surface area (Å²) in [6.07, 6.45) is 8.49. The lowest BCUT2D eigenvalue weighted by Gasteiger charge is -2.05. The van der Waals surface area contributed by atoms with Gasteiger partial charge in [0.1, 0.15) is 12.1 Å². The van der Waals surface area contributed by atoms with Crippen molar-refractivity contribution in [1.82, 2.24) is 19.7 Å². The molecule has 0 aromatic carbocycles. The first-order chi connectivity index (χ1) is 8.33. The molecule has 2 heterocycles. The first kappa shape index (κ1) is 11.7. The zero-order chi connectivity index (χ0) is 12.1. The number of terminal acetylenes is 1. The summed E-state index contributed by atoms with van der Waals surface area (Å²) in [5, 5.41) is 8.36. The number of nitrogens with zero attached hydrogens (tertiary/aromatic N) is 4. The fraction of sp³-hybridized carbons (Fsp3) is 0.364. The van der Waals surface area contributed by atoms with Gasteiger partial charge in [-0.15, -0.1) is 18.2 Å². The third-order valence-corrected chi connectivity index (χ3v) is 3.12. The van der Waals surface area contributed by atoms with Crippen molar-refractivity contribution >= 4 is 28.6 Å². The van der Waals surface area contributed by atoms with Crippen molar-refractivity contribution in [3.63, 3.8) is 0 Å². The minimum absolute atomic E-state index is 0.744. The van der Waals surface area contributed by atoms with Crippen LogP contribution in [0.5, 0.6) is 0 Å². The molecule has 6 heteroatoms. The second-order valence-electron chi connectivity index (χ2n) is 3.41. The van der Waals surface area contributed by atoms with Crippen LogP contribution in [0.25, 0.3) is 11.0 Å². The summed E-state index contributed by atoms with van der Waals surface area (Å²) < 4.78 is 1.73. The molecule has 0 radical (unpaired) electrons. The summed E-state index contributed by atoms with van der Waals surface area (Å²) >= 11 is 1.72. The molecule has 0 atom stereocenters. The predicted octanol–water partition coefficient (Wildman–Crippen LogP) is 1.14. The highest BCUT2D eigenvalue weighted by Crippen LogP contribution is 2.17. The molecule has 0 unspecified atom stereocenters. The molecule has 2 rings (SSSR count). The van der Waals surface area contributed by atoms with Gasteiger partial charge in [-0.1, -0.05) is 5.92 Å². The molecular formula is C11H13N5S. The number of nitrogens with one attached hydrogen (secondary N) is 1. The third kappa shape index (κ3) is 2.68. The Labute approximate surface area is 104 Å². The molecule has 0 saturated heterocycles. The molecular weight excluding hydrogens is 234 g/mol. The maximum atomic E-state index is 5.18. The van der Waals surface area contributed by atoms with E-state index in [1.807, 2.05) is 7.05 Å². The second-order valence-corrected chi connectivity index (χ2v) is 4.52. The quantitative estimate of drug-likeness (QED) is 0.634. The first-order valence-electron chi connectivity index (χ1n) is 5.20. The van der Waals surface area contributed by atoms with Gasteiger partial charge in [-0.25, -0.2) is 9.97 Å². The van der Waals surface area contributed by atoms with Crippen LogP contribution < -0.4 is 5.32 Å². The maximum absolute atomic E-state index is 5.18. The zero-order valence-corrected chi connectivity index (χ0v) is 10.4. The highest BCUT2D eigenvalue weighted by Gasteiger charge is 2.06. The lowest BCUT2D eigenvalue weighted by Crippen LogP contribution is -2.06. The van der Waals surface area contributed by atoms with Crippen LogP contribution in [0.15, 0.2) is 12.5 Å². The number of fused-ring (bicyclic) bond motifs is 1. The van der Waals surface area contributed by atoms with Crippen LogP contribution in [0.1, 0.15) is 0 Å². The summed E-state index contributed by atoms with van der Waals surface area (Å²) in [5.41, 5.74) is 0.832. The molecule has 88 valence electrons. The summed E-state index contributed by atoms with van der Waals surface area (Å²) in [6.45, 7) is 0.827. The lowest BCUT2D eigenvalue weighted by molar-refractivity contribution is 0.785. The Balaban J connectivity index is 2.01. The molecule has 0 aliphatic rings. The number of rotatable bonds is 5. The van der Waals surface area contributed by atoms with E-state index in [1.165, 1.54) is 0 Å². The van der Waals surface area contributed by atoms with E-state index in [1.54, 1.807) is 29.0 Å². The van der Waals surface area contributed by atoms with Gasteiger partial charge in [-0.2, -0.15) is 5.10 Å². The molecule has 2 aromatic rings. The van der Waals surface area contributed by atoms with Gasteiger partial charge in [0.25, 0.3) is 0 Å². The molecule has 1 N–H and O–H groups in total. The smallest absolute Gasteiger partial charge is 0.163 e. The first-order valence-corrected chi connectivity index (χ1v) is 6.36. The number of aromatic nitrogens is 4. The molecule has 0 amide bonds. The van der Waals surface area contributed by atoms with Crippen molar-refractivity contribution in [2.75, 3.05) is 23.4 Å². The van der Waals surface area contributed by atoms with E-state index >= 15 is 0 Å². The summed E-state index contributed by atoms with van der Waals surface area (Å²) in [5.74, 6) is 5.12. The normalized spacial score (nSPS) is 10.4. The maximum Gasteiger partial charge on any atom is 0.163 e. The molecule has 0 saturated carbocycles. The Morgan fingerprint density at radius 1 is 1.53 bits per heavy atom. The van der Waals surface area contributed by atoms with Crippen molar-refractivity contribution in [3.8, 4) is 12.3 Å². The van der Waals surface area contributed by atoms with E-state index in [2.05, 4.69) is 26.3 Å². The predicted molar refractivity (Wildman–Crippen MR) is 71.0 cm³/mol. The van der Waals surface area contributed by atoms with Gasteiger partial charge in [-0.3, -0.25) is 4.68 Å². The standard InChI is InChI=1S/C11H13N5S/c1-3-5-17-6-4-12-10-9-7-15-16(2)11(9)14-8-13-10/h1,7-8H,4-6H2,2H3,(H,12,13,14). The number of thioether (sulfide) groups is 1. The number of aryl methyl sites for hydroxylation is 1. The number of hydrogen-bond acceptors (Lipinski definition) is 5.